The third-order valence-electron chi connectivity index (χ3n) is 4.89. The smallest absolute Gasteiger partial charge is 0.387 e. The number of carbonyl (C=O) groups excluding carboxylic acids is 1. The van der Waals surface area contributed by atoms with Gasteiger partial charge in [0, 0.05) is 18.8 Å². The summed E-state index contributed by atoms with van der Waals surface area (Å²) in [6.45, 7) is -0.626. The Morgan fingerprint density at radius 2 is 1.97 bits per heavy atom. The Hall–Kier alpha value is -4.27. The van der Waals surface area contributed by atoms with Crippen LogP contribution < -0.4 is 14.8 Å². The molecule has 7 nitrogen and oxygen atoms in total. The van der Waals surface area contributed by atoms with Crippen molar-refractivity contribution in [3.63, 3.8) is 0 Å². The molecule has 1 N–H and O–H groups in total. The summed E-state index contributed by atoms with van der Waals surface area (Å²) in [5.41, 5.74) is 3.29. The van der Waals surface area contributed by atoms with Crippen LogP contribution in [0, 0.1) is 0 Å². The van der Waals surface area contributed by atoms with E-state index in [1.54, 1.807) is 31.6 Å². The fourth-order valence-electron chi connectivity index (χ4n) is 3.32. The average Bonchev–Trinajstić information content (AvgIpc) is 3.27. The van der Waals surface area contributed by atoms with Crippen molar-refractivity contribution in [2.45, 2.75) is 20.1 Å². The number of nitrogens with zero attached hydrogens (tertiary/aromatic N) is 3. The lowest BCUT2D eigenvalue weighted by Crippen LogP contribution is -2.20. The van der Waals surface area contributed by atoms with Crippen molar-refractivity contribution in [2.24, 2.45) is 0 Å². The van der Waals surface area contributed by atoms with Gasteiger partial charge < -0.3 is 14.8 Å². The van der Waals surface area contributed by atoms with E-state index in [-0.39, 0.29) is 24.0 Å². The van der Waals surface area contributed by atoms with Gasteiger partial charge in [0.25, 0.3) is 0 Å². The Labute approximate surface area is 194 Å². The number of aromatic nitrogens is 3. The summed E-state index contributed by atoms with van der Waals surface area (Å²) < 4.78 is 36.7. The number of nitrogens with one attached hydrogen (secondary N) is 1. The number of benzene rings is 2. The number of alkyl halides is 2. The number of hydrogen-bond donors (Lipinski definition) is 1. The van der Waals surface area contributed by atoms with E-state index in [0.29, 0.717) is 12.1 Å². The minimum absolute atomic E-state index is 0.0573. The molecular formula is C25H22F2N4O3. The van der Waals surface area contributed by atoms with Crippen LogP contribution in [0.1, 0.15) is 18.1 Å². The van der Waals surface area contributed by atoms with E-state index in [0.717, 1.165) is 22.4 Å². The summed E-state index contributed by atoms with van der Waals surface area (Å²) in [6.07, 6.45) is 6.35. The summed E-state index contributed by atoms with van der Waals surface area (Å²) >= 11 is 0. The number of halogens is 2. The third-order valence-corrected chi connectivity index (χ3v) is 4.89. The highest BCUT2D eigenvalue weighted by molar-refractivity contribution is 5.91. The highest BCUT2D eigenvalue weighted by Crippen LogP contribution is 2.30. The van der Waals surface area contributed by atoms with Gasteiger partial charge in [-0.2, -0.15) is 8.78 Å². The summed E-state index contributed by atoms with van der Waals surface area (Å²) in [5, 5.41) is 2.79. The maximum absolute atomic E-state index is 12.5. The Balaban J connectivity index is 1.36. The largest absolute Gasteiger partial charge is 0.490 e. The molecule has 0 radical (unpaired) electrons. The number of amides is 1. The Bertz CT molecular complexity index is 1300. The maximum Gasteiger partial charge on any atom is 0.387 e. The Morgan fingerprint density at radius 1 is 1.12 bits per heavy atom. The normalized spacial score (nSPS) is 11.3. The van der Waals surface area contributed by atoms with Gasteiger partial charge in [0.2, 0.25) is 5.91 Å². The van der Waals surface area contributed by atoms with E-state index in [1.807, 2.05) is 41.0 Å². The first-order chi connectivity index (χ1) is 16.5. The van der Waals surface area contributed by atoms with Crippen LogP contribution in [0.2, 0.25) is 0 Å². The molecule has 0 aliphatic rings. The summed E-state index contributed by atoms with van der Waals surface area (Å²) in [4.78, 5) is 21.1. The van der Waals surface area contributed by atoms with Gasteiger partial charge in [-0.1, -0.05) is 24.3 Å². The van der Waals surface area contributed by atoms with Crippen LogP contribution in [-0.2, 0) is 11.3 Å². The lowest BCUT2D eigenvalue weighted by molar-refractivity contribution is -0.116. The number of fused-ring (bicyclic) bond motifs is 1. The zero-order valence-electron chi connectivity index (χ0n) is 18.3. The number of pyridine rings is 1. The molecule has 0 bridgehead atoms. The van der Waals surface area contributed by atoms with Gasteiger partial charge in [0.15, 0.2) is 11.5 Å². The molecule has 174 valence electrons. The Morgan fingerprint density at radius 3 is 2.74 bits per heavy atom. The van der Waals surface area contributed by atoms with Crippen molar-refractivity contribution in [2.75, 3.05) is 6.61 Å². The van der Waals surface area contributed by atoms with E-state index in [2.05, 4.69) is 20.0 Å². The quantitative estimate of drug-likeness (QED) is 0.362. The standard InChI is InChI=1S/C25H22F2N4O3/c1-2-33-22-13-17(7-10-21(22)34-25(26)27)9-12-24(32)29-15-18-8-11-23(28-14-18)31-16-30-19-5-3-4-6-20(19)31/h3-14,16,25H,2,15H2,1H3,(H,29,32)/b12-9+. The van der Waals surface area contributed by atoms with Gasteiger partial charge in [-0.15, -0.1) is 0 Å². The molecule has 0 spiro atoms. The predicted molar refractivity (Wildman–Crippen MR) is 124 cm³/mol. The second-order valence-electron chi connectivity index (χ2n) is 7.20. The number of ether oxygens (including phenoxy) is 2. The molecule has 0 aliphatic carbocycles. The van der Waals surface area contributed by atoms with Gasteiger partial charge in [-0.3, -0.25) is 9.36 Å². The molecule has 2 heterocycles. The third kappa shape index (κ3) is 5.55. The molecule has 0 saturated carbocycles. The molecule has 0 aliphatic heterocycles. The highest BCUT2D eigenvalue weighted by atomic mass is 19.3. The van der Waals surface area contributed by atoms with Gasteiger partial charge in [-0.05, 0) is 54.5 Å². The monoisotopic (exact) mass is 464 g/mol. The van der Waals surface area contributed by atoms with E-state index < -0.39 is 6.61 Å². The van der Waals surface area contributed by atoms with Crippen LogP contribution >= 0.6 is 0 Å². The molecule has 2 aromatic carbocycles. The van der Waals surface area contributed by atoms with Crippen molar-refractivity contribution in [1.82, 2.24) is 19.9 Å². The number of rotatable bonds is 9. The summed E-state index contributed by atoms with van der Waals surface area (Å²) in [6, 6.07) is 16.0. The van der Waals surface area contributed by atoms with Crippen LogP contribution in [0.3, 0.4) is 0 Å². The first kappa shape index (κ1) is 22.9. The zero-order valence-corrected chi connectivity index (χ0v) is 18.3. The molecule has 0 fully saturated rings. The molecule has 34 heavy (non-hydrogen) atoms. The van der Waals surface area contributed by atoms with Crippen LogP contribution in [0.15, 0.2) is 73.2 Å². The fourth-order valence-corrected chi connectivity index (χ4v) is 3.32. The first-order valence-corrected chi connectivity index (χ1v) is 10.6. The number of hydrogen-bond acceptors (Lipinski definition) is 5. The van der Waals surface area contributed by atoms with Crippen molar-refractivity contribution in [3.05, 3.63) is 84.3 Å². The van der Waals surface area contributed by atoms with Crippen LogP contribution in [0.4, 0.5) is 8.78 Å². The zero-order chi connectivity index (χ0) is 23.9. The Kier molecular flexibility index (Phi) is 7.12. The molecule has 2 aromatic heterocycles. The van der Waals surface area contributed by atoms with Crippen molar-refractivity contribution in [3.8, 4) is 17.3 Å². The van der Waals surface area contributed by atoms with E-state index in [1.165, 1.54) is 18.2 Å². The molecule has 4 aromatic rings. The molecular weight excluding hydrogens is 442 g/mol. The van der Waals surface area contributed by atoms with Gasteiger partial charge >= 0.3 is 6.61 Å². The highest BCUT2D eigenvalue weighted by Gasteiger charge is 2.11. The average molecular weight is 464 g/mol. The van der Waals surface area contributed by atoms with Gasteiger partial charge in [0.1, 0.15) is 12.1 Å². The van der Waals surface area contributed by atoms with E-state index >= 15 is 0 Å². The molecule has 0 atom stereocenters. The second-order valence-corrected chi connectivity index (χ2v) is 7.20. The van der Waals surface area contributed by atoms with Crippen LogP contribution in [-0.4, -0.2) is 33.7 Å². The molecule has 0 unspecified atom stereocenters. The topological polar surface area (TPSA) is 78.3 Å². The van der Waals surface area contributed by atoms with E-state index in [9.17, 15) is 13.6 Å². The van der Waals surface area contributed by atoms with Crippen LogP contribution in [0.5, 0.6) is 11.5 Å². The summed E-state index contributed by atoms with van der Waals surface area (Å²) in [7, 11) is 0. The lowest BCUT2D eigenvalue weighted by Gasteiger charge is -2.11. The lowest BCUT2D eigenvalue weighted by atomic mass is 10.2. The number of imidazole rings is 1. The molecule has 0 saturated heterocycles. The van der Waals surface area contributed by atoms with Gasteiger partial charge in [0.05, 0.1) is 17.6 Å². The van der Waals surface area contributed by atoms with Crippen molar-refractivity contribution in [1.29, 1.82) is 0 Å². The van der Waals surface area contributed by atoms with Crippen molar-refractivity contribution < 1.29 is 23.0 Å². The molecule has 9 heteroatoms. The molecule has 4 rings (SSSR count). The SMILES string of the molecule is CCOc1cc(/C=C/C(=O)NCc2ccc(-n3cnc4ccccc43)nc2)ccc1OC(F)F. The first-order valence-electron chi connectivity index (χ1n) is 10.6. The van der Waals surface area contributed by atoms with Crippen LogP contribution in [0.25, 0.3) is 22.9 Å². The second kappa shape index (κ2) is 10.6. The maximum atomic E-state index is 12.5. The predicted octanol–water partition coefficient (Wildman–Crippen LogP) is 4.75. The van der Waals surface area contributed by atoms with Crippen molar-refractivity contribution >= 4 is 23.0 Å². The van der Waals surface area contributed by atoms with Gasteiger partial charge in [-0.25, -0.2) is 9.97 Å². The fraction of sp³-hybridized carbons (Fsp3) is 0.160. The minimum Gasteiger partial charge on any atom is -0.490 e. The molecule has 1 amide bonds. The minimum atomic E-state index is -2.95. The van der Waals surface area contributed by atoms with E-state index in [4.69, 9.17) is 4.74 Å². The number of carbonyl (C=O) groups is 1. The number of para-hydroxylation sites is 2. The summed E-state index contributed by atoms with van der Waals surface area (Å²) in [5.74, 6) is 0.545.